The van der Waals surface area contributed by atoms with Crippen molar-refractivity contribution in [1.82, 2.24) is 10.3 Å². The Hall–Kier alpha value is -3.03. The summed E-state index contributed by atoms with van der Waals surface area (Å²) in [5.41, 5.74) is -1.06. The van der Waals surface area contributed by atoms with Gasteiger partial charge >= 0.3 is 5.97 Å². The number of pyridine rings is 1. The van der Waals surface area contributed by atoms with Crippen molar-refractivity contribution in [3.8, 4) is 11.5 Å². The SMILES string of the molecule is COc1ccc2c(O)c(C(=O)NCC(=O)O)c(=O)[nH]c2c1. The van der Waals surface area contributed by atoms with Crippen molar-refractivity contribution in [1.29, 1.82) is 0 Å². The summed E-state index contributed by atoms with van der Waals surface area (Å²) in [6.45, 7) is -0.654. The highest BCUT2D eigenvalue weighted by molar-refractivity contribution is 6.03. The van der Waals surface area contributed by atoms with Crippen LogP contribution in [0, 0.1) is 0 Å². The molecule has 0 aliphatic carbocycles. The number of carbonyl (C=O) groups excluding carboxylic acids is 1. The predicted octanol–water partition coefficient (Wildman–Crippen LogP) is 0.0567. The molecule has 0 atom stereocenters. The van der Waals surface area contributed by atoms with Gasteiger partial charge in [0.05, 0.1) is 12.6 Å². The number of rotatable bonds is 4. The van der Waals surface area contributed by atoms with Crippen LogP contribution >= 0.6 is 0 Å². The lowest BCUT2D eigenvalue weighted by Gasteiger charge is -2.08. The van der Waals surface area contributed by atoms with Crippen LogP contribution in [-0.4, -0.2) is 40.7 Å². The van der Waals surface area contributed by atoms with Crippen LogP contribution in [0.1, 0.15) is 10.4 Å². The van der Waals surface area contributed by atoms with E-state index in [-0.39, 0.29) is 5.39 Å². The topological polar surface area (TPSA) is 129 Å². The van der Waals surface area contributed by atoms with E-state index >= 15 is 0 Å². The first-order chi connectivity index (χ1) is 9.93. The molecule has 8 nitrogen and oxygen atoms in total. The van der Waals surface area contributed by atoms with Crippen molar-refractivity contribution in [2.24, 2.45) is 0 Å². The highest BCUT2D eigenvalue weighted by Crippen LogP contribution is 2.27. The number of aromatic amines is 1. The van der Waals surface area contributed by atoms with Gasteiger partial charge in [-0.1, -0.05) is 0 Å². The number of methoxy groups -OCH3 is 1. The Kier molecular flexibility index (Phi) is 3.79. The summed E-state index contributed by atoms with van der Waals surface area (Å²) in [4.78, 5) is 36.5. The van der Waals surface area contributed by atoms with Gasteiger partial charge in [0.25, 0.3) is 11.5 Å². The molecule has 0 aliphatic rings. The Labute approximate surface area is 118 Å². The third-order valence-corrected chi connectivity index (χ3v) is 2.82. The summed E-state index contributed by atoms with van der Waals surface area (Å²) < 4.78 is 5.00. The first-order valence-corrected chi connectivity index (χ1v) is 5.87. The monoisotopic (exact) mass is 292 g/mol. The molecule has 110 valence electrons. The molecule has 4 N–H and O–H groups in total. The predicted molar refractivity (Wildman–Crippen MR) is 72.8 cm³/mol. The number of nitrogens with one attached hydrogen (secondary N) is 2. The van der Waals surface area contributed by atoms with Crippen molar-refractivity contribution in [3.05, 3.63) is 34.1 Å². The highest BCUT2D eigenvalue weighted by atomic mass is 16.5. The van der Waals surface area contributed by atoms with Crippen molar-refractivity contribution < 1.29 is 24.5 Å². The number of carboxylic acid groups (broad SMARTS) is 1. The third-order valence-electron chi connectivity index (χ3n) is 2.82. The Morgan fingerprint density at radius 2 is 2.10 bits per heavy atom. The molecule has 0 bridgehead atoms. The maximum absolute atomic E-state index is 11.9. The number of amides is 1. The molecule has 8 heteroatoms. The quantitative estimate of drug-likeness (QED) is 0.630. The molecule has 1 amide bonds. The molecule has 1 heterocycles. The fourth-order valence-electron chi connectivity index (χ4n) is 1.84. The zero-order valence-corrected chi connectivity index (χ0v) is 11.0. The number of aromatic nitrogens is 1. The van der Waals surface area contributed by atoms with Gasteiger partial charge in [-0.2, -0.15) is 0 Å². The summed E-state index contributed by atoms with van der Waals surface area (Å²) in [6, 6.07) is 4.53. The van der Waals surface area contributed by atoms with Gasteiger partial charge in [-0.15, -0.1) is 0 Å². The zero-order chi connectivity index (χ0) is 15.6. The lowest BCUT2D eigenvalue weighted by atomic mass is 10.1. The molecule has 2 rings (SSSR count). The van der Waals surface area contributed by atoms with Gasteiger partial charge in [0.2, 0.25) is 0 Å². The Morgan fingerprint density at radius 1 is 1.38 bits per heavy atom. The number of benzene rings is 1. The molecular weight excluding hydrogens is 280 g/mol. The zero-order valence-electron chi connectivity index (χ0n) is 11.0. The fraction of sp³-hybridized carbons (Fsp3) is 0.154. The minimum atomic E-state index is -1.26. The van der Waals surface area contributed by atoms with Crippen molar-refractivity contribution in [2.45, 2.75) is 0 Å². The number of hydrogen-bond acceptors (Lipinski definition) is 5. The fourth-order valence-corrected chi connectivity index (χ4v) is 1.84. The van der Waals surface area contributed by atoms with Gasteiger partial charge in [-0.05, 0) is 12.1 Å². The minimum absolute atomic E-state index is 0.246. The molecule has 0 radical (unpaired) electrons. The van der Waals surface area contributed by atoms with Crippen LogP contribution in [-0.2, 0) is 4.79 Å². The molecule has 1 aromatic heterocycles. The van der Waals surface area contributed by atoms with E-state index in [1.807, 2.05) is 5.32 Å². The first kappa shape index (κ1) is 14.4. The lowest BCUT2D eigenvalue weighted by molar-refractivity contribution is -0.135. The number of hydrogen-bond donors (Lipinski definition) is 4. The van der Waals surface area contributed by atoms with Gasteiger partial charge in [0.15, 0.2) is 0 Å². The average Bonchev–Trinajstić information content (AvgIpc) is 2.44. The molecule has 1 aromatic carbocycles. The van der Waals surface area contributed by atoms with E-state index in [1.54, 1.807) is 6.07 Å². The molecule has 21 heavy (non-hydrogen) atoms. The highest BCUT2D eigenvalue weighted by Gasteiger charge is 2.19. The van der Waals surface area contributed by atoms with Crippen molar-refractivity contribution in [2.75, 3.05) is 13.7 Å². The summed E-state index contributed by atoms with van der Waals surface area (Å²) in [6.07, 6.45) is 0. The Balaban J connectivity index is 2.53. The first-order valence-electron chi connectivity index (χ1n) is 5.87. The Bertz CT molecular complexity index is 780. The van der Waals surface area contributed by atoms with Gasteiger partial charge in [-0.3, -0.25) is 14.4 Å². The van der Waals surface area contributed by atoms with E-state index < -0.39 is 35.3 Å². The summed E-state index contributed by atoms with van der Waals surface area (Å²) in [7, 11) is 1.45. The van der Waals surface area contributed by atoms with Crippen LogP contribution < -0.4 is 15.6 Å². The molecule has 0 saturated heterocycles. The van der Waals surface area contributed by atoms with E-state index in [9.17, 15) is 19.5 Å². The standard InChI is InChI=1S/C13H12N2O6/c1-21-6-2-3-7-8(4-6)15-13(20)10(11(7)18)12(19)14-5-9(16)17/h2-4H,5H2,1H3,(H,14,19)(H,16,17)(H2,15,18,20). The second kappa shape index (κ2) is 5.53. The maximum atomic E-state index is 11.9. The lowest BCUT2D eigenvalue weighted by Crippen LogP contribution is -2.33. The molecule has 0 fully saturated rings. The number of aromatic hydroxyl groups is 1. The summed E-state index contributed by atoms with van der Waals surface area (Å²) in [5.74, 6) is -2.27. The molecule has 0 aliphatic heterocycles. The maximum Gasteiger partial charge on any atom is 0.322 e. The number of fused-ring (bicyclic) bond motifs is 1. The van der Waals surface area contributed by atoms with Crippen LogP contribution in [0.5, 0.6) is 11.5 Å². The average molecular weight is 292 g/mol. The van der Waals surface area contributed by atoms with Gasteiger partial charge in [0, 0.05) is 11.5 Å². The van der Waals surface area contributed by atoms with Crippen LogP contribution in [0.15, 0.2) is 23.0 Å². The van der Waals surface area contributed by atoms with Crippen LogP contribution in [0.4, 0.5) is 0 Å². The van der Waals surface area contributed by atoms with Crippen LogP contribution in [0.2, 0.25) is 0 Å². The second-order valence-corrected chi connectivity index (χ2v) is 4.17. The molecule has 0 spiro atoms. The van der Waals surface area contributed by atoms with Crippen LogP contribution in [0.25, 0.3) is 10.9 Å². The van der Waals surface area contributed by atoms with Gasteiger partial charge in [-0.25, -0.2) is 0 Å². The van der Waals surface area contributed by atoms with Crippen LogP contribution in [0.3, 0.4) is 0 Å². The molecular formula is C13H12N2O6. The van der Waals surface area contributed by atoms with Gasteiger partial charge in [0.1, 0.15) is 23.6 Å². The number of H-pyrrole nitrogens is 1. The van der Waals surface area contributed by atoms with Crippen molar-refractivity contribution >= 4 is 22.8 Å². The third kappa shape index (κ3) is 2.78. The van der Waals surface area contributed by atoms with E-state index in [2.05, 4.69) is 4.98 Å². The molecule has 0 saturated carbocycles. The summed E-state index contributed by atoms with van der Waals surface area (Å²) in [5, 5.41) is 20.8. The van der Waals surface area contributed by atoms with E-state index in [0.29, 0.717) is 11.3 Å². The number of carbonyl (C=O) groups is 2. The van der Waals surface area contributed by atoms with E-state index in [4.69, 9.17) is 9.84 Å². The Morgan fingerprint density at radius 3 is 2.71 bits per heavy atom. The summed E-state index contributed by atoms with van der Waals surface area (Å²) >= 11 is 0. The number of aliphatic carboxylic acids is 1. The van der Waals surface area contributed by atoms with Crippen molar-refractivity contribution in [3.63, 3.8) is 0 Å². The largest absolute Gasteiger partial charge is 0.506 e. The van der Waals surface area contributed by atoms with E-state index in [1.165, 1.54) is 19.2 Å². The second-order valence-electron chi connectivity index (χ2n) is 4.17. The molecule has 0 unspecified atom stereocenters. The number of ether oxygens (including phenoxy) is 1. The minimum Gasteiger partial charge on any atom is -0.506 e. The molecule has 2 aromatic rings. The van der Waals surface area contributed by atoms with Gasteiger partial charge < -0.3 is 25.3 Å². The number of carboxylic acids is 1. The normalized spacial score (nSPS) is 10.3. The van der Waals surface area contributed by atoms with E-state index in [0.717, 1.165) is 0 Å². The smallest absolute Gasteiger partial charge is 0.322 e.